The Labute approximate surface area is 156 Å². The molecule has 0 saturated heterocycles. The van der Waals surface area contributed by atoms with Crippen LogP contribution in [0, 0.1) is 18.3 Å². The van der Waals surface area contributed by atoms with Crippen LogP contribution in [0.5, 0.6) is 0 Å². The summed E-state index contributed by atoms with van der Waals surface area (Å²) in [5.74, 6) is 1.55. The fourth-order valence-corrected chi connectivity index (χ4v) is 4.64. The molecule has 3 aromatic rings. The molecule has 1 N–H and O–H groups in total. The minimum absolute atomic E-state index is 0.646. The van der Waals surface area contributed by atoms with Crippen molar-refractivity contribution >= 4 is 33.1 Å². The van der Waals surface area contributed by atoms with Crippen LogP contribution in [0.1, 0.15) is 47.2 Å². The van der Waals surface area contributed by atoms with E-state index in [1.54, 1.807) is 23.5 Å². The van der Waals surface area contributed by atoms with Gasteiger partial charge in [0.15, 0.2) is 5.82 Å². The molecule has 1 aliphatic carbocycles. The Morgan fingerprint density at radius 2 is 1.96 bits per heavy atom. The van der Waals surface area contributed by atoms with Crippen LogP contribution in [0.2, 0.25) is 0 Å². The predicted molar refractivity (Wildman–Crippen MR) is 106 cm³/mol. The van der Waals surface area contributed by atoms with E-state index >= 15 is 0 Å². The van der Waals surface area contributed by atoms with Gasteiger partial charge in [0.25, 0.3) is 0 Å². The van der Waals surface area contributed by atoms with Crippen molar-refractivity contribution < 1.29 is 0 Å². The third-order valence-corrected chi connectivity index (χ3v) is 5.87. The van der Waals surface area contributed by atoms with E-state index < -0.39 is 0 Å². The van der Waals surface area contributed by atoms with Gasteiger partial charge >= 0.3 is 0 Å². The highest BCUT2D eigenvalue weighted by molar-refractivity contribution is 7.19. The summed E-state index contributed by atoms with van der Waals surface area (Å²) in [4.78, 5) is 11.7. The first-order valence-corrected chi connectivity index (χ1v) is 9.57. The number of benzene rings is 1. The number of thiophene rings is 1. The highest BCUT2D eigenvalue weighted by Crippen LogP contribution is 2.38. The largest absolute Gasteiger partial charge is 0.260 e. The maximum atomic E-state index is 8.92. The highest BCUT2D eigenvalue weighted by atomic mass is 32.1. The molecule has 4 rings (SSSR count). The lowest BCUT2D eigenvalue weighted by molar-refractivity contribution is 0.700. The number of aryl methyl sites for hydroxylation is 3. The fraction of sp³-hybridized carbons (Fsp3) is 0.300. The van der Waals surface area contributed by atoms with Crippen molar-refractivity contribution in [3.63, 3.8) is 0 Å². The van der Waals surface area contributed by atoms with Crippen LogP contribution in [-0.4, -0.2) is 15.7 Å². The van der Waals surface area contributed by atoms with E-state index in [9.17, 15) is 0 Å². The Bertz CT molecular complexity index is 1040. The number of hydrogen-bond donors (Lipinski definition) is 1. The van der Waals surface area contributed by atoms with E-state index in [0.29, 0.717) is 5.56 Å². The molecule has 0 aliphatic heterocycles. The Balaban J connectivity index is 1.70. The first-order valence-electron chi connectivity index (χ1n) is 8.75. The van der Waals surface area contributed by atoms with Crippen molar-refractivity contribution in [1.82, 2.24) is 9.97 Å². The number of hydrazone groups is 1. The van der Waals surface area contributed by atoms with Gasteiger partial charge in [0.1, 0.15) is 10.7 Å². The van der Waals surface area contributed by atoms with Crippen molar-refractivity contribution in [3.05, 3.63) is 51.7 Å². The molecule has 0 radical (unpaired) electrons. The normalized spacial score (nSPS) is 14.1. The lowest BCUT2D eigenvalue weighted by atomic mass is 9.97. The monoisotopic (exact) mass is 361 g/mol. The second-order valence-electron chi connectivity index (χ2n) is 6.51. The summed E-state index contributed by atoms with van der Waals surface area (Å²) in [5, 5.41) is 14.6. The molecule has 0 bridgehead atoms. The number of nitriles is 1. The van der Waals surface area contributed by atoms with Crippen LogP contribution in [0.3, 0.4) is 0 Å². The Kier molecular flexibility index (Phi) is 4.39. The highest BCUT2D eigenvalue weighted by Gasteiger charge is 2.20. The molecule has 2 heterocycles. The Morgan fingerprint density at radius 3 is 2.73 bits per heavy atom. The number of nitrogens with one attached hydrogen (secondary N) is 1. The average Bonchev–Trinajstić information content (AvgIpc) is 3.04. The molecule has 1 aromatic carbocycles. The van der Waals surface area contributed by atoms with Crippen LogP contribution in [0.15, 0.2) is 29.4 Å². The van der Waals surface area contributed by atoms with Crippen LogP contribution >= 0.6 is 11.3 Å². The number of rotatable bonds is 3. The predicted octanol–water partition coefficient (Wildman–Crippen LogP) is 4.59. The van der Waals surface area contributed by atoms with Gasteiger partial charge in [-0.2, -0.15) is 10.4 Å². The quantitative estimate of drug-likeness (QED) is 0.547. The molecule has 0 spiro atoms. The zero-order valence-electron chi connectivity index (χ0n) is 14.8. The zero-order valence-corrected chi connectivity index (χ0v) is 15.7. The van der Waals surface area contributed by atoms with E-state index in [1.165, 1.54) is 23.3 Å². The average molecular weight is 361 g/mol. The number of aromatic nitrogens is 2. The second kappa shape index (κ2) is 6.85. The van der Waals surface area contributed by atoms with Crippen molar-refractivity contribution in [3.8, 4) is 6.07 Å². The number of fused-ring (bicyclic) bond motifs is 3. The molecule has 0 amide bonds. The van der Waals surface area contributed by atoms with Gasteiger partial charge in [0.05, 0.1) is 22.7 Å². The standard InChI is InChI=1S/C20H19N5S/c1-12(15-9-7-14(11-21)8-10-15)24-25-19-18-16-5-3-4-6-17(16)26-20(18)23-13(2)22-19/h7-10H,3-6H2,1-2H3,(H,22,23,25). The summed E-state index contributed by atoms with van der Waals surface area (Å²) in [6, 6.07) is 9.55. The van der Waals surface area contributed by atoms with Gasteiger partial charge in [-0.25, -0.2) is 9.97 Å². The summed E-state index contributed by atoms with van der Waals surface area (Å²) in [6.07, 6.45) is 4.71. The molecule has 6 heteroatoms. The third-order valence-electron chi connectivity index (χ3n) is 4.69. The number of anilines is 1. The number of nitrogens with zero attached hydrogens (tertiary/aromatic N) is 4. The zero-order chi connectivity index (χ0) is 18.1. The number of hydrogen-bond acceptors (Lipinski definition) is 6. The molecular weight excluding hydrogens is 342 g/mol. The molecule has 2 aromatic heterocycles. The molecule has 0 atom stereocenters. The van der Waals surface area contributed by atoms with Gasteiger partial charge < -0.3 is 0 Å². The summed E-state index contributed by atoms with van der Waals surface area (Å²) >= 11 is 1.79. The Hall–Kier alpha value is -2.78. The van der Waals surface area contributed by atoms with Crippen molar-refractivity contribution in [2.75, 3.05) is 5.43 Å². The molecule has 1 aliphatic rings. The van der Waals surface area contributed by atoms with Crippen molar-refractivity contribution in [2.24, 2.45) is 5.10 Å². The summed E-state index contributed by atoms with van der Waals surface area (Å²) in [6.45, 7) is 3.86. The first kappa shape index (κ1) is 16.7. The Morgan fingerprint density at radius 1 is 1.19 bits per heavy atom. The minimum atomic E-state index is 0.646. The molecule has 0 saturated carbocycles. The topological polar surface area (TPSA) is 74.0 Å². The third kappa shape index (κ3) is 3.06. The molecule has 5 nitrogen and oxygen atoms in total. The van der Waals surface area contributed by atoms with Gasteiger partial charge in [-0.3, -0.25) is 5.43 Å². The molecule has 0 unspecified atom stereocenters. The van der Waals surface area contributed by atoms with Crippen LogP contribution in [-0.2, 0) is 12.8 Å². The lowest BCUT2D eigenvalue weighted by Gasteiger charge is -2.12. The van der Waals surface area contributed by atoms with E-state index in [4.69, 9.17) is 5.26 Å². The molecule has 0 fully saturated rings. The van der Waals surface area contributed by atoms with Crippen LogP contribution < -0.4 is 5.43 Å². The van der Waals surface area contributed by atoms with Gasteiger partial charge in [0, 0.05) is 4.88 Å². The summed E-state index contributed by atoms with van der Waals surface area (Å²) in [7, 11) is 0. The molecular formula is C20H19N5S. The van der Waals surface area contributed by atoms with Gasteiger partial charge in [0.2, 0.25) is 0 Å². The second-order valence-corrected chi connectivity index (χ2v) is 7.59. The molecule has 130 valence electrons. The SMILES string of the molecule is CC(=NNc1nc(C)nc2sc3c(c12)CCCC3)c1ccc(C#N)cc1. The van der Waals surface area contributed by atoms with Crippen LogP contribution in [0.4, 0.5) is 5.82 Å². The maximum absolute atomic E-state index is 8.92. The van der Waals surface area contributed by atoms with Gasteiger partial charge in [-0.05, 0) is 62.8 Å². The van der Waals surface area contributed by atoms with Crippen molar-refractivity contribution in [1.29, 1.82) is 5.26 Å². The smallest absolute Gasteiger partial charge is 0.159 e. The fourth-order valence-electron chi connectivity index (χ4n) is 3.33. The lowest BCUT2D eigenvalue weighted by Crippen LogP contribution is -2.04. The van der Waals surface area contributed by atoms with Gasteiger partial charge in [-0.15, -0.1) is 11.3 Å². The first-order chi connectivity index (χ1) is 12.7. The maximum Gasteiger partial charge on any atom is 0.159 e. The van der Waals surface area contributed by atoms with Crippen LogP contribution in [0.25, 0.3) is 10.2 Å². The van der Waals surface area contributed by atoms with E-state index in [2.05, 4.69) is 26.6 Å². The van der Waals surface area contributed by atoms with E-state index in [0.717, 1.165) is 46.0 Å². The van der Waals surface area contributed by atoms with Crippen molar-refractivity contribution in [2.45, 2.75) is 39.5 Å². The molecule has 26 heavy (non-hydrogen) atoms. The van der Waals surface area contributed by atoms with Gasteiger partial charge in [-0.1, -0.05) is 12.1 Å². The summed E-state index contributed by atoms with van der Waals surface area (Å²) < 4.78 is 0. The summed E-state index contributed by atoms with van der Waals surface area (Å²) in [5.41, 5.74) is 7.04. The van der Waals surface area contributed by atoms with E-state index in [-0.39, 0.29) is 0 Å². The van der Waals surface area contributed by atoms with E-state index in [1.807, 2.05) is 26.0 Å². The minimum Gasteiger partial charge on any atom is -0.260 e.